The standard InChI is InChI=1S/C14H17F2N3O2/c1-8(18(2)3)14-17-11-6-9(15)10(16)7-12(11)19(14)5-4-13(20)21/h6-8H,4-5H2,1-3H3,(H,20,21). The van der Waals surface area contributed by atoms with Crippen LogP contribution in [0.25, 0.3) is 11.0 Å². The van der Waals surface area contributed by atoms with Crippen LogP contribution in [-0.4, -0.2) is 39.6 Å². The molecule has 1 aromatic heterocycles. The molecule has 0 spiro atoms. The van der Waals surface area contributed by atoms with E-state index in [1.807, 2.05) is 25.9 Å². The zero-order valence-corrected chi connectivity index (χ0v) is 12.1. The van der Waals surface area contributed by atoms with Crippen LogP contribution in [0.1, 0.15) is 25.2 Å². The van der Waals surface area contributed by atoms with Gasteiger partial charge in [0.2, 0.25) is 0 Å². The maximum Gasteiger partial charge on any atom is 0.305 e. The number of carbonyl (C=O) groups is 1. The smallest absolute Gasteiger partial charge is 0.305 e. The van der Waals surface area contributed by atoms with E-state index in [0.29, 0.717) is 16.9 Å². The molecule has 2 rings (SSSR count). The molecule has 1 unspecified atom stereocenters. The predicted octanol–water partition coefficient (Wildman–Crippen LogP) is 2.41. The zero-order chi connectivity index (χ0) is 15.7. The molecule has 7 heteroatoms. The van der Waals surface area contributed by atoms with Crippen LogP contribution in [0.15, 0.2) is 12.1 Å². The molecule has 1 heterocycles. The number of carboxylic acids is 1. The second-order valence-corrected chi connectivity index (χ2v) is 5.16. The van der Waals surface area contributed by atoms with E-state index < -0.39 is 17.6 Å². The lowest BCUT2D eigenvalue weighted by molar-refractivity contribution is -0.137. The number of hydrogen-bond acceptors (Lipinski definition) is 3. The molecule has 0 saturated heterocycles. The Balaban J connectivity index is 2.59. The normalized spacial score (nSPS) is 13.0. The zero-order valence-electron chi connectivity index (χ0n) is 12.1. The number of imidazole rings is 1. The van der Waals surface area contributed by atoms with E-state index in [1.165, 1.54) is 0 Å². The monoisotopic (exact) mass is 297 g/mol. The van der Waals surface area contributed by atoms with Gasteiger partial charge in [0.05, 0.1) is 23.5 Å². The number of nitrogens with zero attached hydrogens (tertiary/aromatic N) is 3. The number of aromatic nitrogens is 2. The molecule has 114 valence electrons. The van der Waals surface area contributed by atoms with Gasteiger partial charge < -0.3 is 9.67 Å². The van der Waals surface area contributed by atoms with Crippen molar-refractivity contribution in [1.29, 1.82) is 0 Å². The summed E-state index contributed by atoms with van der Waals surface area (Å²) in [5.74, 6) is -2.30. The molecule has 0 fully saturated rings. The predicted molar refractivity (Wildman–Crippen MR) is 74.0 cm³/mol. The summed E-state index contributed by atoms with van der Waals surface area (Å²) in [5, 5.41) is 8.84. The highest BCUT2D eigenvalue weighted by molar-refractivity contribution is 5.76. The molecule has 21 heavy (non-hydrogen) atoms. The second-order valence-electron chi connectivity index (χ2n) is 5.16. The summed E-state index contributed by atoms with van der Waals surface area (Å²) in [6, 6.07) is 1.98. The lowest BCUT2D eigenvalue weighted by Gasteiger charge is -2.20. The molecule has 1 atom stereocenters. The molecule has 2 aromatic rings. The van der Waals surface area contributed by atoms with Crippen molar-refractivity contribution in [2.45, 2.75) is 25.9 Å². The first-order valence-electron chi connectivity index (χ1n) is 6.54. The average Bonchev–Trinajstić information content (AvgIpc) is 2.73. The number of aryl methyl sites for hydroxylation is 1. The average molecular weight is 297 g/mol. The van der Waals surface area contributed by atoms with E-state index in [1.54, 1.807) is 4.57 Å². The van der Waals surface area contributed by atoms with Crippen molar-refractivity contribution in [1.82, 2.24) is 14.5 Å². The highest BCUT2D eigenvalue weighted by Gasteiger charge is 2.20. The third-order valence-corrected chi connectivity index (χ3v) is 3.52. The number of aliphatic carboxylic acids is 1. The van der Waals surface area contributed by atoms with Crippen LogP contribution in [0.3, 0.4) is 0 Å². The van der Waals surface area contributed by atoms with Gasteiger partial charge in [0.25, 0.3) is 0 Å². The van der Waals surface area contributed by atoms with E-state index in [-0.39, 0.29) is 19.0 Å². The van der Waals surface area contributed by atoms with Crippen LogP contribution >= 0.6 is 0 Å². The van der Waals surface area contributed by atoms with Gasteiger partial charge in [-0.2, -0.15) is 0 Å². The van der Waals surface area contributed by atoms with Gasteiger partial charge in [0.15, 0.2) is 11.6 Å². The summed E-state index contributed by atoms with van der Waals surface area (Å²) in [7, 11) is 3.71. The van der Waals surface area contributed by atoms with E-state index >= 15 is 0 Å². The number of carboxylic acid groups (broad SMARTS) is 1. The van der Waals surface area contributed by atoms with Crippen molar-refractivity contribution >= 4 is 17.0 Å². The molecule has 0 bridgehead atoms. The molecule has 0 aliphatic carbocycles. The van der Waals surface area contributed by atoms with E-state index in [2.05, 4.69) is 4.98 Å². The second kappa shape index (κ2) is 5.77. The number of benzene rings is 1. The minimum atomic E-state index is -0.969. The van der Waals surface area contributed by atoms with Gasteiger partial charge in [-0.1, -0.05) is 0 Å². The van der Waals surface area contributed by atoms with E-state index in [0.717, 1.165) is 12.1 Å². The highest BCUT2D eigenvalue weighted by Crippen LogP contribution is 2.25. The first-order chi connectivity index (χ1) is 9.81. The van der Waals surface area contributed by atoms with Gasteiger partial charge >= 0.3 is 5.97 Å². The fraction of sp³-hybridized carbons (Fsp3) is 0.429. The van der Waals surface area contributed by atoms with Gasteiger partial charge in [-0.25, -0.2) is 13.8 Å². The number of rotatable bonds is 5. The summed E-state index contributed by atoms with van der Waals surface area (Å²) >= 11 is 0. The van der Waals surface area contributed by atoms with Crippen LogP contribution in [0.4, 0.5) is 8.78 Å². The highest BCUT2D eigenvalue weighted by atomic mass is 19.2. The molecule has 0 radical (unpaired) electrons. The quantitative estimate of drug-likeness (QED) is 0.920. The Morgan fingerprint density at radius 1 is 1.38 bits per heavy atom. The third kappa shape index (κ3) is 3.02. The van der Waals surface area contributed by atoms with E-state index in [9.17, 15) is 13.6 Å². The Kier molecular flexibility index (Phi) is 4.22. The minimum absolute atomic E-state index is 0.113. The summed E-state index contributed by atoms with van der Waals surface area (Å²) in [5.41, 5.74) is 0.724. The first-order valence-corrected chi connectivity index (χ1v) is 6.54. The molecule has 0 aliphatic heterocycles. The lowest BCUT2D eigenvalue weighted by atomic mass is 10.2. The van der Waals surface area contributed by atoms with Crippen molar-refractivity contribution < 1.29 is 18.7 Å². The van der Waals surface area contributed by atoms with Gasteiger partial charge in [-0.3, -0.25) is 9.69 Å². The fourth-order valence-corrected chi connectivity index (χ4v) is 2.13. The summed E-state index contributed by atoms with van der Waals surface area (Å²) in [6.45, 7) is 2.05. The van der Waals surface area contributed by atoms with Crippen LogP contribution in [0.5, 0.6) is 0 Å². The molecule has 0 amide bonds. The Labute approximate surface area is 120 Å². The van der Waals surface area contributed by atoms with Gasteiger partial charge in [0.1, 0.15) is 5.82 Å². The van der Waals surface area contributed by atoms with Crippen LogP contribution in [-0.2, 0) is 11.3 Å². The van der Waals surface area contributed by atoms with Crippen molar-refractivity contribution in [3.8, 4) is 0 Å². The summed E-state index contributed by atoms with van der Waals surface area (Å²) in [4.78, 5) is 17.0. The number of hydrogen-bond donors (Lipinski definition) is 1. The molecule has 1 N–H and O–H groups in total. The van der Waals surface area contributed by atoms with Gasteiger partial charge in [-0.15, -0.1) is 0 Å². The van der Waals surface area contributed by atoms with Crippen molar-refractivity contribution in [2.75, 3.05) is 14.1 Å². The molecule has 0 saturated carbocycles. The molecular weight excluding hydrogens is 280 g/mol. The van der Waals surface area contributed by atoms with Crippen molar-refractivity contribution in [2.24, 2.45) is 0 Å². The Morgan fingerprint density at radius 3 is 2.57 bits per heavy atom. The number of halogens is 2. The van der Waals surface area contributed by atoms with Gasteiger partial charge in [-0.05, 0) is 21.0 Å². The van der Waals surface area contributed by atoms with Crippen LogP contribution < -0.4 is 0 Å². The Hall–Kier alpha value is -2.02. The lowest BCUT2D eigenvalue weighted by Crippen LogP contribution is -2.21. The maximum atomic E-state index is 13.5. The summed E-state index contributed by atoms with van der Waals surface area (Å²) in [6.07, 6.45) is -0.113. The Bertz CT molecular complexity index is 682. The molecule has 1 aromatic carbocycles. The SMILES string of the molecule is CC(c1nc2cc(F)c(F)cc2n1CCC(=O)O)N(C)C. The minimum Gasteiger partial charge on any atom is -0.481 e. The van der Waals surface area contributed by atoms with Crippen molar-refractivity contribution in [3.63, 3.8) is 0 Å². The van der Waals surface area contributed by atoms with Crippen LogP contribution in [0, 0.1) is 11.6 Å². The largest absolute Gasteiger partial charge is 0.481 e. The first kappa shape index (κ1) is 15.4. The van der Waals surface area contributed by atoms with E-state index in [4.69, 9.17) is 5.11 Å². The number of fused-ring (bicyclic) bond motifs is 1. The maximum absolute atomic E-state index is 13.5. The molecule has 0 aliphatic rings. The topological polar surface area (TPSA) is 58.4 Å². The Morgan fingerprint density at radius 2 is 2.00 bits per heavy atom. The van der Waals surface area contributed by atoms with Gasteiger partial charge in [0, 0.05) is 18.7 Å². The molecule has 5 nitrogen and oxygen atoms in total. The fourth-order valence-electron chi connectivity index (χ4n) is 2.13. The summed E-state index contributed by atoms with van der Waals surface area (Å²) < 4.78 is 28.4. The van der Waals surface area contributed by atoms with Crippen molar-refractivity contribution in [3.05, 3.63) is 29.6 Å². The third-order valence-electron chi connectivity index (χ3n) is 3.52. The van der Waals surface area contributed by atoms with Crippen LogP contribution in [0.2, 0.25) is 0 Å². The molecular formula is C14H17F2N3O2.